The summed E-state index contributed by atoms with van der Waals surface area (Å²) in [5.41, 5.74) is 4.56. The molecule has 1 rings (SSSR count). The van der Waals surface area contributed by atoms with Gasteiger partial charge in [-0.1, -0.05) is 0 Å². The standard InChI is InChI=1S/C10H19N3O2/c1-10(2,5-8(11)14)13-9(15)7-3-4-12-6-7/h7,12H,3-6H2,1-2H3,(H2,11,14)(H,13,15). The molecule has 0 aromatic carbocycles. The van der Waals surface area contributed by atoms with E-state index in [1.54, 1.807) is 13.8 Å². The molecule has 0 aliphatic carbocycles. The fourth-order valence-electron chi connectivity index (χ4n) is 1.79. The molecule has 1 heterocycles. The number of hydrogen-bond acceptors (Lipinski definition) is 3. The van der Waals surface area contributed by atoms with Gasteiger partial charge < -0.3 is 16.4 Å². The van der Waals surface area contributed by atoms with Gasteiger partial charge in [0, 0.05) is 18.5 Å². The molecule has 4 N–H and O–H groups in total. The van der Waals surface area contributed by atoms with Gasteiger partial charge in [0.05, 0.1) is 5.92 Å². The maximum absolute atomic E-state index is 11.7. The van der Waals surface area contributed by atoms with Gasteiger partial charge in [-0.05, 0) is 26.8 Å². The highest BCUT2D eigenvalue weighted by molar-refractivity contribution is 5.81. The van der Waals surface area contributed by atoms with Crippen molar-refractivity contribution in [2.45, 2.75) is 32.2 Å². The number of rotatable bonds is 4. The molecule has 0 aromatic heterocycles. The van der Waals surface area contributed by atoms with Crippen molar-refractivity contribution < 1.29 is 9.59 Å². The Bertz CT molecular complexity index is 257. The van der Waals surface area contributed by atoms with Crippen LogP contribution >= 0.6 is 0 Å². The monoisotopic (exact) mass is 213 g/mol. The predicted molar refractivity (Wildman–Crippen MR) is 57.0 cm³/mol. The van der Waals surface area contributed by atoms with Crippen molar-refractivity contribution in [1.82, 2.24) is 10.6 Å². The number of carbonyl (C=O) groups excluding carboxylic acids is 2. The summed E-state index contributed by atoms with van der Waals surface area (Å²) < 4.78 is 0. The molecule has 1 aliphatic rings. The van der Waals surface area contributed by atoms with Crippen LogP contribution in [0.5, 0.6) is 0 Å². The lowest BCUT2D eigenvalue weighted by atomic mass is 9.98. The lowest BCUT2D eigenvalue weighted by Gasteiger charge is -2.26. The normalized spacial score (nSPS) is 21.3. The molecule has 0 aromatic rings. The average Bonchev–Trinajstić information content (AvgIpc) is 2.50. The van der Waals surface area contributed by atoms with Crippen molar-refractivity contribution in [2.75, 3.05) is 13.1 Å². The maximum Gasteiger partial charge on any atom is 0.224 e. The Labute approximate surface area is 89.8 Å². The molecule has 0 bridgehead atoms. The molecule has 86 valence electrons. The second-order valence-electron chi connectivity index (χ2n) is 4.71. The van der Waals surface area contributed by atoms with Crippen LogP contribution in [0.3, 0.4) is 0 Å². The third-order valence-electron chi connectivity index (χ3n) is 2.51. The van der Waals surface area contributed by atoms with Gasteiger partial charge in [-0.25, -0.2) is 0 Å². The highest BCUT2D eigenvalue weighted by Crippen LogP contribution is 2.12. The van der Waals surface area contributed by atoms with Crippen LogP contribution in [0.25, 0.3) is 0 Å². The van der Waals surface area contributed by atoms with E-state index in [4.69, 9.17) is 5.73 Å². The van der Waals surface area contributed by atoms with Crippen LogP contribution in [-0.4, -0.2) is 30.4 Å². The lowest BCUT2D eigenvalue weighted by Crippen LogP contribution is -2.48. The van der Waals surface area contributed by atoms with Crippen LogP contribution in [0.2, 0.25) is 0 Å². The summed E-state index contributed by atoms with van der Waals surface area (Å²) in [4.78, 5) is 22.5. The molecule has 1 unspecified atom stereocenters. The number of nitrogens with one attached hydrogen (secondary N) is 2. The first-order chi connectivity index (χ1) is 6.91. The molecule has 1 aliphatic heterocycles. The van der Waals surface area contributed by atoms with E-state index in [1.807, 2.05) is 0 Å². The van der Waals surface area contributed by atoms with E-state index in [2.05, 4.69) is 10.6 Å². The third kappa shape index (κ3) is 3.87. The summed E-state index contributed by atoms with van der Waals surface area (Å²) in [6, 6.07) is 0. The molecule has 2 amide bonds. The molecule has 5 nitrogen and oxygen atoms in total. The van der Waals surface area contributed by atoms with Crippen LogP contribution in [0, 0.1) is 5.92 Å². The zero-order chi connectivity index (χ0) is 11.5. The van der Waals surface area contributed by atoms with Crippen LogP contribution in [0.1, 0.15) is 26.7 Å². The molecule has 0 spiro atoms. The molecule has 1 atom stereocenters. The number of carbonyl (C=O) groups is 2. The molecular weight excluding hydrogens is 194 g/mol. The summed E-state index contributed by atoms with van der Waals surface area (Å²) in [6.07, 6.45) is 1.03. The van der Waals surface area contributed by atoms with Gasteiger partial charge in [0.15, 0.2) is 0 Å². The molecule has 0 radical (unpaired) electrons. The second-order valence-corrected chi connectivity index (χ2v) is 4.71. The Morgan fingerprint density at radius 2 is 2.20 bits per heavy atom. The van der Waals surface area contributed by atoms with Crippen LogP contribution in [0.15, 0.2) is 0 Å². The molecule has 0 saturated carbocycles. The van der Waals surface area contributed by atoms with Crippen molar-refractivity contribution in [3.05, 3.63) is 0 Å². The first-order valence-electron chi connectivity index (χ1n) is 5.22. The molecular formula is C10H19N3O2. The Kier molecular flexibility index (Phi) is 3.68. The predicted octanol–water partition coefficient (Wildman–Crippen LogP) is -0.634. The quantitative estimate of drug-likeness (QED) is 0.581. The van der Waals surface area contributed by atoms with Gasteiger partial charge in [0.1, 0.15) is 0 Å². The second kappa shape index (κ2) is 4.61. The number of hydrogen-bond donors (Lipinski definition) is 3. The van der Waals surface area contributed by atoms with Gasteiger partial charge in [0.2, 0.25) is 11.8 Å². The number of amides is 2. The summed E-state index contributed by atoms with van der Waals surface area (Å²) in [5.74, 6) is -0.367. The molecule has 1 fully saturated rings. The van der Waals surface area contributed by atoms with Gasteiger partial charge in [-0.3, -0.25) is 9.59 Å². The Balaban J connectivity index is 2.44. The minimum Gasteiger partial charge on any atom is -0.370 e. The minimum absolute atomic E-state index is 0.00579. The maximum atomic E-state index is 11.7. The molecule has 1 saturated heterocycles. The van der Waals surface area contributed by atoms with E-state index in [0.717, 1.165) is 19.5 Å². The summed E-state index contributed by atoms with van der Waals surface area (Å²) in [5, 5.41) is 5.98. The highest BCUT2D eigenvalue weighted by atomic mass is 16.2. The van der Waals surface area contributed by atoms with Crippen LogP contribution < -0.4 is 16.4 Å². The van der Waals surface area contributed by atoms with E-state index in [1.165, 1.54) is 0 Å². The van der Waals surface area contributed by atoms with E-state index in [0.29, 0.717) is 0 Å². The Hall–Kier alpha value is -1.10. The lowest BCUT2D eigenvalue weighted by molar-refractivity contribution is -0.126. The van der Waals surface area contributed by atoms with E-state index in [-0.39, 0.29) is 18.2 Å². The smallest absolute Gasteiger partial charge is 0.224 e. The topological polar surface area (TPSA) is 84.2 Å². The SMILES string of the molecule is CC(C)(CC(N)=O)NC(=O)C1CCNC1. The molecule has 15 heavy (non-hydrogen) atoms. The van der Waals surface area contributed by atoms with Crippen molar-refractivity contribution in [3.63, 3.8) is 0 Å². The van der Waals surface area contributed by atoms with Crippen LogP contribution in [0.4, 0.5) is 0 Å². The van der Waals surface area contributed by atoms with E-state index in [9.17, 15) is 9.59 Å². The van der Waals surface area contributed by atoms with Gasteiger partial charge in [-0.2, -0.15) is 0 Å². The number of nitrogens with two attached hydrogens (primary N) is 1. The Morgan fingerprint density at radius 3 is 2.67 bits per heavy atom. The van der Waals surface area contributed by atoms with Gasteiger partial charge in [-0.15, -0.1) is 0 Å². The first-order valence-corrected chi connectivity index (χ1v) is 5.22. The average molecular weight is 213 g/mol. The summed E-state index contributed by atoms with van der Waals surface area (Å²) in [6.45, 7) is 5.21. The highest BCUT2D eigenvalue weighted by Gasteiger charge is 2.28. The summed E-state index contributed by atoms with van der Waals surface area (Å²) >= 11 is 0. The van der Waals surface area contributed by atoms with Crippen LogP contribution in [-0.2, 0) is 9.59 Å². The van der Waals surface area contributed by atoms with Gasteiger partial charge >= 0.3 is 0 Å². The van der Waals surface area contributed by atoms with Gasteiger partial charge in [0.25, 0.3) is 0 Å². The van der Waals surface area contributed by atoms with Crippen molar-refractivity contribution in [1.29, 1.82) is 0 Å². The zero-order valence-corrected chi connectivity index (χ0v) is 9.30. The van der Waals surface area contributed by atoms with Crippen molar-refractivity contribution >= 4 is 11.8 Å². The largest absolute Gasteiger partial charge is 0.370 e. The Morgan fingerprint density at radius 1 is 1.53 bits per heavy atom. The third-order valence-corrected chi connectivity index (χ3v) is 2.51. The van der Waals surface area contributed by atoms with E-state index >= 15 is 0 Å². The first kappa shape index (κ1) is 12.0. The molecule has 5 heteroatoms. The zero-order valence-electron chi connectivity index (χ0n) is 9.30. The number of primary amides is 1. The fraction of sp³-hybridized carbons (Fsp3) is 0.800. The van der Waals surface area contributed by atoms with Crippen molar-refractivity contribution in [2.24, 2.45) is 11.7 Å². The summed E-state index contributed by atoms with van der Waals surface area (Å²) in [7, 11) is 0. The minimum atomic E-state index is -0.550. The van der Waals surface area contributed by atoms with Crippen molar-refractivity contribution in [3.8, 4) is 0 Å². The fourth-order valence-corrected chi connectivity index (χ4v) is 1.79. The van der Waals surface area contributed by atoms with E-state index < -0.39 is 11.4 Å².